The van der Waals surface area contributed by atoms with E-state index in [1.807, 2.05) is 0 Å². The number of rotatable bonds is 6. The molecule has 1 N–H and O–H groups in total. The number of benzene rings is 1. The highest BCUT2D eigenvalue weighted by Crippen LogP contribution is 2.34. The molecule has 3 heteroatoms. The highest BCUT2D eigenvalue weighted by molar-refractivity contribution is 5.21. The Morgan fingerprint density at radius 1 is 1.29 bits per heavy atom. The molecule has 1 heterocycles. The van der Waals surface area contributed by atoms with Crippen LogP contribution in [0.4, 0.5) is 0 Å². The van der Waals surface area contributed by atoms with Gasteiger partial charge in [-0.15, -0.1) is 0 Å². The Hall–Kier alpha value is -0.900. The van der Waals surface area contributed by atoms with Gasteiger partial charge >= 0.3 is 0 Å². The SMILES string of the molecule is CNC(c1ccccc1)C(C)(C)CN1CCC(N(C)C)C1. The lowest BCUT2D eigenvalue weighted by Gasteiger charge is -2.38. The zero-order valence-corrected chi connectivity index (χ0v) is 14.3. The topological polar surface area (TPSA) is 18.5 Å². The zero-order valence-electron chi connectivity index (χ0n) is 14.3. The number of hydrogen-bond acceptors (Lipinski definition) is 3. The maximum Gasteiger partial charge on any atom is 0.0381 e. The molecule has 1 aliphatic rings. The van der Waals surface area contributed by atoms with Crippen molar-refractivity contribution in [3.8, 4) is 0 Å². The first-order valence-corrected chi connectivity index (χ1v) is 8.05. The van der Waals surface area contributed by atoms with Gasteiger partial charge in [0.2, 0.25) is 0 Å². The summed E-state index contributed by atoms with van der Waals surface area (Å²) in [5, 5.41) is 3.53. The van der Waals surface area contributed by atoms with Gasteiger partial charge < -0.3 is 15.1 Å². The van der Waals surface area contributed by atoms with E-state index < -0.39 is 0 Å². The van der Waals surface area contributed by atoms with Crippen molar-refractivity contribution in [3.63, 3.8) is 0 Å². The fourth-order valence-corrected chi connectivity index (χ4v) is 3.70. The number of nitrogens with zero attached hydrogens (tertiary/aromatic N) is 2. The van der Waals surface area contributed by atoms with Crippen LogP contribution < -0.4 is 5.32 Å². The third-order valence-corrected chi connectivity index (χ3v) is 4.81. The lowest BCUT2D eigenvalue weighted by molar-refractivity contribution is 0.153. The normalized spacial score (nSPS) is 21.9. The van der Waals surface area contributed by atoms with E-state index in [0.717, 1.165) is 6.54 Å². The lowest BCUT2D eigenvalue weighted by atomic mass is 9.80. The smallest absolute Gasteiger partial charge is 0.0381 e. The lowest BCUT2D eigenvalue weighted by Crippen LogP contribution is -2.42. The molecule has 0 aromatic heterocycles. The Balaban J connectivity index is 2.03. The second-order valence-corrected chi connectivity index (χ2v) is 7.26. The molecule has 2 unspecified atom stereocenters. The molecule has 1 aliphatic heterocycles. The second kappa shape index (κ2) is 6.91. The average molecular weight is 289 g/mol. The summed E-state index contributed by atoms with van der Waals surface area (Å²) in [5.41, 5.74) is 1.59. The van der Waals surface area contributed by atoms with Crippen LogP contribution in [0.25, 0.3) is 0 Å². The van der Waals surface area contributed by atoms with Crippen molar-refractivity contribution < 1.29 is 0 Å². The minimum absolute atomic E-state index is 0.206. The molecule has 1 fully saturated rings. The highest BCUT2D eigenvalue weighted by atomic mass is 15.2. The minimum Gasteiger partial charge on any atom is -0.313 e. The Kier molecular flexibility index (Phi) is 5.42. The second-order valence-electron chi connectivity index (χ2n) is 7.26. The molecular formula is C18H31N3. The monoisotopic (exact) mass is 289 g/mol. The maximum absolute atomic E-state index is 3.53. The van der Waals surface area contributed by atoms with Crippen molar-refractivity contribution >= 4 is 0 Å². The highest BCUT2D eigenvalue weighted by Gasteiger charge is 2.34. The van der Waals surface area contributed by atoms with Gasteiger partial charge in [-0.2, -0.15) is 0 Å². The van der Waals surface area contributed by atoms with Gasteiger partial charge in [0.25, 0.3) is 0 Å². The molecule has 0 bridgehead atoms. The first-order chi connectivity index (χ1) is 9.94. The summed E-state index contributed by atoms with van der Waals surface area (Å²) in [6.45, 7) is 8.31. The van der Waals surface area contributed by atoms with Crippen LogP contribution in [0.15, 0.2) is 30.3 Å². The molecule has 0 amide bonds. The third kappa shape index (κ3) is 4.06. The summed E-state index contributed by atoms with van der Waals surface area (Å²) < 4.78 is 0. The third-order valence-electron chi connectivity index (χ3n) is 4.81. The van der Waals surface area contributed by atoms with E-state index in [1.165, 1.54) is 25.1 Å². The maximum atomic E-state index is 3.53. The van der Waals surface area contributed by atoms with E-state index in [-0.39, 0.29) is 5.41 Å². The van der Waals surface area contributed by atoms with Crippen molar-refractivity contribution in [3.05, 3.63) is 35.9 Å². The van der Waals surface area contributed by atoms with Crippen molar-refractivity contribution in [1.29, 1.82) is 0 Å². The van der Waals surface area contributed by atoms with Crippen LogP contribution in [0.5, 0.6) is 0 Å². The van der Waals surface area contributed by atoms with Gasteiger partial charge in [-0.1, -0.05) is 44.2 Å². The molecule has 3 nitrogen and oxygen atoms in total. The minimum atomic E-state index is 0.206. The number of nitrogens with one attached hydrogen (secondary N) is 1. The molecule has 0 spiro atoms. The summed E-state index contributed by atoms with van der Waals surface area (Å²) in [7, 11) is 6.46. The van der Waals surface area contributed by atoms with Gasteiger partial charge in [-0.3, -0.25) is 0 Å². The fourth-order valence-electron chi connectivity index (χ4n) is 3.70. The first-order valence-electron chi connectivity index (χ1n) is 8.05. The number of likely N-dealkylation sites (tertiary alicyclic amines) is 1. The Bertz CT molecular complexity index is 427. The van der Waals surface area contributed by atoms with Crippen LogP contribution >= 0.6 is 0 Å². The van der Waals surface area contributed by atoms with E-state index in [1.54, 1.807) is 0 Å². The molecule has 1 saturated heterocycles. The fraction of sp³-hybridized carbons (Fsp3) is 0.667. The Morgan fingerprint density at radius 2 is 1.95 bits per heavy atom. The summed E-state index contributed by atoms with van der Waals surface area (Å²) in [6, 6.07) is 11.9. The van der Waals surface area contributed by atoms with Crippen molar-refractivity contribution in [1.82, 2.24) is 15.1 Å². The van der Waals surface area contributed by atoms with Gasteiger partial charge in [0.15, 0.2) is 0 Å². The van der Waals surface area contributed by atoms with Gasteiger partial charge in [-0.25, -0.2) is 0 Å². The van der Waals surface area contributed by atoms with E-state index in [2.05, 4.69) is 80.4 Å². The van der Waals surface area contributed by atoms with Crippen LogP contribution in [0, 0.1) is 5.41 Å². The number of hydrogen-bond donors (Lipinski definition) is 1. The quantitative estimate of drug-likeness (QED) is 0.868. The molecule has 118 valence electrons. The molecule has 0 saturated carbocycles. The Morgan fingerprint density at radius 3 is 2.48 bits per heavy atom. The van der Waals surface area contributed by atoms with E-state index in [0.29, 0.717) is 12.1 Å². The van der Waals surface area contributed by atoms with Gasteiger partial charge in [-0.05, 0) is 45.1 Å². The molecule has 2 atom stereocenters. The molecule has 1 aromatic carbocycles. The van der Waals surface area contributed by atoms with E-state index >= 15 is 0 Å². The van der Waals surface area contributed by atoms with Gasteiger partial charge in [0.05, 0.1) is 0 Å². The van der Waals surface area contributed by atoms with E-state index in [9.17, 15) is 0 Å². The standard InChI is InChI=1S/C18H31N3/c1-18(2,14-21-12-11-16(13-21)20(4)5)17(19-3)15-9-7-6-8-10-15/h6-10,16-17,19H,11-14H2,1-5H3. The van der Waals surface area contributed by atoms with Crippen LogP contribution in [0.3, 0.4) is 0 Å². The molecular weight excluding hydrogens is 258 g/mol. The molecule has 21 heavy (non-hydrogen) atoms. The summed E-state index contributed by atoms with van der Waals surface area (Å²) in [6.07, 6.45) is 1.29. The summed E-state index contributed by atoms with van der Waals surface area (Å²) >= 11 is 0. The van der Waals surface area contributed by atoms with Crippen molar-refractivity contribution in [2.45, 2.75) is 32.4 Å². The summed E-state index contributed by atoms with van der Waals surface area (Å²) in [4.78, 5) is 4.98. The largest absolute Gasteiger partial charge is 0.313 e. The Labute approximate surface area is 130 Å². The molecule has 0 aliphatic carbocycles. The predicted octanol–water partition coefficient (Wildman–Crippen LogP) is 2.61. The van der Waals surface area contributed by atoms with Crippen molar-refractivity contribution in [2.75, 3.05) is 40.8 Å². The molecule has 1 aromatic rings. The number of likely N-dealkylation sites (N-methyl/N-ethyl adjacent to an activating group) is 1. The van der Waals surface area contributed by atoms with Gasteiger partial charge in [0, 0.05) is 25.2 Å². The first kappa shape index (κ1) is 16.5. The summed E-state index contributed by atoms with van der Waals surface area (Å²) in [5.74, 6) is 0. The van der Waals surface area contributed by atoms with E-state index in [4.69, 9.17) is 0 Å². The van der Waals surface area contributed by atoms with Crippen LogP contribution in [0.2, 0.25) is 0 Å². The van der Waals surface area contributed by atoms with Crippen LogP contribution in [-0.4, -0.2) is 56.6 Å². The molecule has 2 rings (SSSR count). The average Bonchev–Trinajstić information content (AvgIpc) is 2.88. The van der Waals surface area contributed by atoms with Gasteiger partial charge in [0.1, 0.15) is 0 Å². The molecule has 0 radical (unpaired) electrons. The van der Waals surface area contributed by atoms with Crippen molar-refractivity contribution in [2.24, 2.45) is 5.41 Å². The zero-order chi connectivity index (χ0) is 15.5. The van der Waals surface area contributed by atoms with Crippen LogP contribution in [-0.2, 0) is 0 Å². The predicted molar refractivity (Wildman–Crippen MR) is 90.6 cm³/mol. The van der Waals surface area contributed by atoms with Crippen LogP contribution in [0.1, 0.15) is 31.9 Å².